The van der Waals surface area contributed by atoms with Crippen molar-refractivity contribution in [2.45, 2.75) is 38.1 Å². The van der Waals surface area contributed by atoms with Crippen molar-refractivity contribution < 1.29 is 4.79 Å². The van der Waals surface area contributed by atoms with Crippen molar-refractivity contribution in [3.8, 4) is 0 Å². The normalized spacial score (nSPS) is 23.3. The van der Waals surface area contributed by atoms with E-state index in [2.05, 4.69) is 57.8 Å². The van der Waals surface area contributed by atoms with Crippen LogP contribution in [-0.2, 0) is 0 Å². The van der Waals surface area contributed by atoms with E-state index in [9.17, 15) is 4.79 Å². The molecular weight excluding hydrogens is 348 g/mol. The lowest BCUT2D eigenvalue weighted by molar-refractivity contribution is 0.0958. The fraction of sp³-hybridized carbons (Fsp3) is 0.478. The SMILES string of the molecule is CNC(=O)c1ccc(N2CCC(C)(CN[C@@H]3C[C@H]3c3ccccc3)CC2)cn1. The Morgan fingerprint density at radius 3 is 2.57 bits per heavy atom. The standard InChI is InChI=1S/C23H30N4O/c1-23(16-26-21-14-19(21)17-6-4-3-5-7-17)10-12-27(13-11-23)18-8-9-20(25-15-18)22(28)24-2/h3-9,15,19,21,26H,10-14,16H2,1-2H3,(H,24,28)/t19-,21+/m0/s1. The molecule has 1 saturated carbocycles. The molecule has 1 aromatic heterocycles. The van der Waals surface area contributed by atoms with Gasteiger partial charge in [0.15, 0.2) is 0 Å². The predicted molar refractivity (Wildman–Crippen MR) is 113 cm³/mol. The number of carbonyl (C=O) groups is 1. The molecule has 0 unspecified atom stereocenters. The number of hydrogen-bond acceptors (Lipinski definition) is 4. The summed E-state index contributed by atoms with van der Waals surface area (Å²) >= 11 is 0. The van der Waals surface area contributed by atoms with Crippen LogP contribution in [0.4, 0.5) is 5.69 Å². The number of benzene rings is 1. The first kappa shape index (κ1) is 18.9. The lowest BCUT2D eigenvalue weighted by Gasteiger charge is -2.40. The van der Waals surface area contributed by atoms with Gasteiger partial charge < -0.3 is 15.5 Å². The molecule has 4 rings (SSSR count). The minimum absolute atomic E-state index is 0.141. The third-order valence-corrected chi connectivity index (χ3v) is 6.35. The number of aromatic nitrogens is 1. The fourth-order valence-electron chi connectivity index (χ4n) is 4.18. The smallest absolute Gasteiger partial charge is 0.269 e. The molecule has 2 fully saturated rings. The van der Waals surface area contributed by atoms with Crippen LogP contribution in [0.2, 0.25) is 0 Å². The first-order valence-corrected chi connectivity index (χ1v) is 10.3. The highest BCUT2D eigenvalue weighted by Gasteiger charge is 2.40. The summed E-state index contributed by atoms with van der Waals surface area (Å²) in [5.41, 5.74) is 3.38. The summed E-state index contributed by atoms with van der Waals surface area (Å²) in [7, 11) is 1.63. The molecule has 5 heteroatoms. The Hall–Kier alpha value is -2.40. The molecule has 28 heavy (non-hydrogen) atoms. The summed E-state index contributed by atoms with van der Waals surface area (Å²) in [5.74, 6) is 0.549. The van der Waals surface area contributed by atoms with Gasteiger partial charge in [0.2, 0.25) is 0 Å². The second kappa shape index (κ2) is 7.92. The lowest BCUT2D eigenvalue weighted by Crippen LogP contribution is -2.44. The van der Waals surface area contributed by atoms with Crippen molar-refractivity contribution in [3.63, 3.8) is 0 Å². The second-order valence-electron chi connectivity index (χ2n) is 8.52. The molecule has 1 aromatic carbocycles. The number of anilines is 1. The van der Waals surface area contributed by atoms with Crippen molar-refractivity contribution in [3.05, 3.63) is 59.9 Å². The number of amides is 1. The maximum Gasteiger partial charge on any atom is 0.269 e. The summed E-state index contributed by atoms with van der Waals surface area (Å²) in [4.78, 5) is 18.3. The third kappa shape index (κ3) is 4.20. The first-order chi connectivity index (χ1) is 13.6. The molecule has 0 spiro atoms. The molecule has 2 heterocycles. The summed E-state index contributed by atoms with van der Waals surface area (Å²) in [6.07, 6.45) is 5.41. The van der Waals surface area contributed by atoms with Gasteiger partial charge in [0.25, 0.3) is 5.91 Å². The van der Waals surface area contributed by atoms with Crippen LogP contribution in [0.15, 0.2) is 48.7 Å². The number of pyridine rings is 1. The maximum atomic E-state index is 11.6. The number of rotatable bonds is 6. The number of carbonyl (C=O) groups excluding carboxylic acids is 1. The zero-order valence-corrected chi connectivity index (χ0v) is 16.8. The molecule has 0 bridgehead atoms. The van der Waals surface area contributed by atoms with E-state index in [4.69, 9.17) is 0 Å². The van der Waals surface area contributed by atoms with Crippen LogP contribution in [-0.4, -0.2) is 43.6 Å². The highest BCUT2D eigenvalue weighted by molar-refractivity contribution is 5.92. The first-order valence-electron chi connectivity index (χ1n) is 10.3. The molecule has 2 N–H and O–H groups in total. The van der Waals surface area contributed by atoms with Gasteiger partial charge in [0, 0.05) is 38.6 Å². The van der Waals surface area contributed by atoms with E-state index < -0.39 is 0 Å². The van der Waals surface area contributed by atoms with E-state index in [1.54, 1.807) is 13.1 Å². The van der Waals surface area contributed by atoms with Crippen molar-refractivity contribution in [2.24, 2.45) is 5.41 Å². The van der Waals surface area contributed by atoms with Gasteiger partial charge in [-0.3, -0.25) is 4.79 Å². The average molecular weight is 379 g/mol. The van der Waals surface area contributed by atoms with E-state index in [0.717, 1.165) is 25.3 Å². The largest absolute Gasteiger partial charge is 0.370 e. The Bertz CT molecular complexity index is 797. The van der Waals surface area contributed by atoms with Gasteiger partial charge >= 0.3 is 0 Å². The molecule has 2 aliphatic rings. The summed E-state index contributed by atoms with van der Waals surface area (Å²) in [6.45, 7) is 5.56. The fourth-order valence-corrected chi connectivity index (χ4v) is 4.18. The van der Waals surface area contributed by atoms with Crippen molar-refractivity contribution in [2.75, 3.05) is 31.6 Å². The van der Waals surface area contributed by atoms with Gasteiger partial charge in [-0.25, -0.2) is 4.98 Å². The maximum absolute atomic E-state index is 11.6. The van der Waals surface area contributed by atoms with Crippen LogP contribution >= 0.6 is 0 Å². The van der Waals surface area contributed by atoms with Crippen LogP contribution in [0.5, 0.6) is 0 Å². The Morgan fingerprint density at radius 1 is 1.18 bits per heavy atom. The van der Waals surface area contributed by atoms with Gasteiger partial charge in [-0.05, 0) is 42.4 Å². The third-order valence-electron chi connectivity index (χ3n) is 6.35. The van der Waals surface area contributed by atoms with E-state index in [1.165, 1.54) is 24.8 Å². The minimum atomic E-state index is -0.141. The van der Waals surface area contributed by atoms with Crippen LogP contribution in [0.25, 0.3) is 0 Å². The molecule has 148 valence electrons. The van der Waals surface area contributed by atoms with Gasteiger partial charge in [-0.2, -0.15) is 0 Å². The van der Waals surface area contributed by atoms with E-state index >= 15 is 0 Å². The van der Waals surface area contributed by atoms with E-state index in [0.29, 0.717) is 23.1 Å². The summed E-state index contributed by atoms with van der Waals surface area (Å²) in [6, 6.07) is 15.3. The van der Waals surface area contributed by atoms with Crippen molar-refractivity contribution >= 4 is 11.6 Å². The van der Waals surface area contributed by atoms with Crippen LogP contribution in [0.3, 0.4) is 0 Å². The molecule has 2 aromatic rings. The number of nitrogens with one attached hydrogen (secondary N) is 2. The monoisotopic (exact) mass is 378 g/mol. The van der Waals surface area contributed by atoms with Gasteiger partial charge in [0.1, 0.15) is 5.69 Å². The lowest BCUT2D eigenvalue weighted by atomic mass is 9.80. The van der Waals surface area contributed by atoms with E-state index in [1.807, 2.05) is 12.3 Å². The molecule has 1 aliphatic heterocycles. The topological polar surface area (TPSA) is 57.3 Å². The van der Waals surface area contributed by atoms with Crippen LogP contribution in [0, 0.1) is 5.41 Å². The molecule has 0 radical (unpaired) electrons. The predicted octanol–water partition coefficient (Wildman–Crippen LogP) is 3.19. The number of nitrogens with zero attached hydrogens (tertiary/aromatic N) is 2. The Morgan fingerprint density at radius 2 is 1.93 bits per heavy atom. The van der Waals surface area contributed by atoms with Crippen molar-refractivity contribution in [1.29, 1.82) is 0 Å². The quantitative estimate of drug-likeness (QED) is 0.811. The summed E-state index contributed by atoms with van der Waals surface area (Å²) < 4.78 is 0. The molecular formula is C23H30N4O. The molecule has 5 nitrogen and oxygen atoms in total. The Labute approximate surface area is 167 Å². The van der Waals surface area contributed by atoms with Crippen molar-refractivity contribution in [1.82, 2.24) is 15.6 Å². The molecule has 1 saturated heterocycles. The highest BCUT2D eigenvalue weighted by atomic mass is 16.1. The molecule has 2 atom stereocenters. The van der Waals surface area contributed by atoms with Gasteiger partial charge in [-0.1, -0.05) is 37.3 Å². The molecule has 1 aliphatic carbocycles. The zero-order chi connectivity index (χ0) is 19.6. The minimum Gasteiger partial charge on any atom is -0.370 e. The van der Waals surface area contributed by atoms with Gasteiger partial charge in [-0.15, -0.1) is 0 Å². The van der Waals surface area contributed by atoms with Crippen LogP contribution < -0.4 is 15.5 Å². The molecule has 1 amide bonds. The zero-order valence-electron chi connectivity index (χ0n) is 16.8. The average Bonchev–Trinajstić information content (AvgIpc) is 3.53. The number of hydrogen-bond donors (Lipinski definition) is 2. The second-order valence-corrected chi connectivity index (χ2v) is 8.52. The highest BCUT2D eigenvalue weighted by Crippen LogP contribution is 2.41. The summed E-state index contributed by atoms with van der Waals surface area (Å²) in [5, 5.41) is 6.43. The Balaban J connectivity index is 1.26. The van der Waals surface area contributed by atoms with E-state index in [-0.39, 0.29) is 5.91 Å². The van der Waals surface area contributed by atoms with Crippen LogP contribution in [0.1, 0.15) is 48.2 Å². The Kier molecular flexibility index (Phi) is 5.36. The van der Waals surface area contributed by atoms with Gasteiger partial charge in [0.05, 0.1) is 11.9 Å². The number of piperidine rings is 1.